The molecular formula is C18H29N3O4S. The Kier molecular flexibility index (Phi) is 8.87. The Hall–Kier alpha value is -1.64. The monoisotopic (exact) mass is 383 g/mol. The third-order valence-corrected chi connectivity index (χ3v) is 5.86. The van der Waals surface area contributed by atoms with E-state index in [2.05, 4.69) is 15.6 Å². The van der Waals surface area contributed by atoms with Crippen molar-refractivity contribution in [1.29, 1.82) is 0 Å². The normalized spacial score (nSPS) is 18.0. The minimum absolute atomic E-state index is 0.0181. The van der Waals surface area contributed by atoms with Crippen LogP contribution >= 0.6 is 0 Å². The number of benzene rings is 1. The molecule has 1 fully saturated rings. The van der Waals surface area contributed by atoms with Gasteiger partial charge in [-0.3, -0.25) is 4.99 Å². The summed E-state index contributed by atoms with van der Waals surface area (Å²) in [6.07, 6.45) is 1.94. The molecule has 146 valence electrons. The Morgan fingerprint density at radius 1 is 1.27 bits per heavy atom. The second kappa shape index (κ2) is 11.2. The first kappa shape index (κ1) is 20.7. The summed E-state index contributed by atoms with van der Waals surface area (Å²) in [4.78, 5) is 4.45. The smallest absolute Gasteiger partial charge is 0.191 e. The van der Waals surface area contributed by atoms with Crippen LogP contribution in [0.25, 0.3) is 0 Å². The molecule has 0 amide bonds. The minimum Gasteiger partial charge on any atom is -0.381 e. The summed E-state index contributed by atoms with van der Waals surface area (Å²) in [5.41, 5.74) is 0. The van der Waals surface area contributed by atoms with Gasteiger partial charge >= 0.3 is 0 Å². The van der Waals surface area contributed by atoms with E-state index in [9.17, 15) is 8.42 Å². The van der Waals surface area contributed by atoms with Crippen LogP contribution in [0.2, 0.25) is 0 Å². The van der Waals surface area contributed by atoms with Gasteiger partial charge in [0.05, 0.1) is 23.9 Å². The van der Waals surface area contributed by atoms with Crippen LogP contribution in [-0.4, -0.2) is 66.7 Å². The number of hydrogen-bond donors (Lipinski definition) is 2. The van der Waals surface area contributed by atoms with Crippen molar-refractivity contribution >= 4 is 15.8 Å². The van der Waals surface area contributed by atoms with Gasteiger partial charge in [-0.2, -0.15) is 0 Å². The van der Waals surface area contributed by atoms with Gasteiger partial charge in [0.1, 0.15) is 0 Å². The maximum absolute atomic E-state index is 12.2. The number of rotatable bonds is 10. The summed E-state index contributed by atoms with van der Waals surface area (Å²) in [6, 6.07) is 8.47. The first-order valence-electron chi connectivity index (χ1n) is 8.99. The Balaban J connectivity index is 1.57. The van der Waals surface area contributed by atoms with Gasteiger partial charge < -0.3 is 20.1 Å². The zero-order valence-electron chi connectivity index (χ0n) is 15.3. The Bertz CT molecular complexity index is 644. The highest BCUT2D eigenvalue weighted by atomic mass is 32.2. The zero-order valence-corrected chi connectivity index (χ0v) is 16.1. The van der Waals surface area contributed by atoms with Crippen molar-refractivity contribution in [2.45, 2.75) is 17.7 Å². The van der Waals surface area contributed by atoms with E-state index < -0.39 is 9.84 Å². The van der Waals surface area contributed by atoms with Gasteiger partial charge in [0.15, 0.2) is 15.8 Å². The van der Waals surface area contributed by atoms with E-state index in [4.69, 9.17) is 9.47 Å². The van der Waals surface area contributed by atoms with Crippen molar-refractivity contribution in [3.8, 4) is 0 Å². The third kappa shape index (κ3) is 7.31. The second-order valence-electron chi connectivity index (χ2n) is 6.22. The molecule has 0 aromatic heterocycles. The van der Waals surface area contributed by atoms with Gasteiger partial charge in [0.25, 0.3) is 0 Å². The molecule has 1 saturated heterocycles. The number of guanidine groups is 1. The van der Waals surface area contributed by atoms with Gasteiger partial charge in [-0.1, -0.05) is 18.2 Å². The lowest BCUT2D eigenvalue weighted by Gasteiger charge is -2.13. The molecule has 1 heterocycles. The van der Waals surface area contributed by atoms with E-state index in [-0.39, 0.29) is 5.75 Å². The van der Waals surface area contributed by atoms with E-state index in [0.29, 0.717) is 36.5 Å². The summed E-state index contributed by atoms with van der Waals surface area (Å²) < 4.78 is 35.4. The van der Waals surface area contributed by atoms with Crippen molar-refractivity contribution in [1.82, 2.24) is 10.6 Å². The first-order valence-corrected chi connectivity index (χ1v) is 10.6. The number of ether oxygens (including phenoxy) is 2. The summed E-state index contributed by atoms with van der Waals surface area (Å²) in [6.45, 7) is 4.10. The summed E-state index contributed by atoms with van der Waals surface area (Å²) >= 11 is 0. The molecule has 1 aromatic rings. The van der Waals surface area contributed by atoms with E-state index in [1.165, 1.54) is 0 Å². The lowest BCUT2D eigenvalue weighted by molar-refractivity contribution is 0.0888. The summed E-state index contributed by atoms with van der Waals surface area (Å²) in [5, 5.41) is 6.20. The number of aliphatic imine (C=N–C) groups is 1. The van der Waals surface area contributed by atoms with Crippen LogP contribution in [-0.2, 0) is 19.3 Å². The second-order valence-corrected chi connectivity index (χ2v) is 8.32. The molecule has 0 saturated carbocycles. The molecule has 26 heavy (non-hydrogen) atoms. The third-order valence-electron chi connectivity index (χ3n) is 4.12. The lowest BCUT2D eigenvalue weighted by Crippen LogP contribution is -2.40. The van der Waals surface area contributed by atoms with Crippen LogP contribution in [0.15, 0.2) is 40.2 Å². The van der Waals surface area contributed by atoms with Crippen LogP contribution in [0.4, 0.5) is 0 Å². The summed E-state index contributed by atoms with van der Waals surface area (Å²) in [7, 11) is -1.62. The minimum atomic E-state index is -3.28. The molecule has 7 nitrogen and oxygen atoms in total. The molecule has 1 aliphatic rings. The molecule has 1 atom stereocenters. The average Bonchev–Trinajstić information content (AvgIpc) is 3.17. The predicted molar refractivity (Wildman–Crippen MR) is 102 cm³/mol. The van der Waals surface area contributed by atoms with Crippen molar-refractivity contribution < 1.29 is 17.9 Å². The highest BCUT2D eigenvalue weighted by Gasteiger charge is 2.15. The van der Waals surface area contributed by atoms with Crippen LogP contribution < -0.4 is 10.6 Å². The van der Waals surface area contributed by atoms with Gasteiger partial charge in [0, 0.05) is 39.3 Å². The fraction of sp³-hybridized carbons (Fsp3) is 0.611. The maximum atomic E-state index is 12.2. The fourth-order valence-electron chi connectivity index (χ4n) is 2.62. The van der Waals surface area contributed by atoms with Crippen molar-refractivity contribution in [3.05, 3.63) is 30.3 Å². The van der Waals surface area contributed by atoms with Gasteiger partial charge in [-0.25, -0.2) is 8.42 Å². The van der Waals surface area contributed by atoms with Crippen molar-refractivity contribution in [3.63, 3.8) is 0 Å². The molecule has 0 spiro atoms. The lowest BCUT2D eigenvalue weighted by atomic mass is 10.1. The first-order chi connectivity index (χ1) is 12.6. The quantitative estimate of drug-likeness (QED) is 0.357. The van der Waals surface area contributed by atoms with E-state index in [1.807, 2.05) is 0 Å². The van der Waals surface area contributed by atoms with Crippen molar-refractivity contribution in [2.24, 2.45) is 10.9 Å². The topological polar surface area (TPSA) is 89.0 Å². The predicted octanol–water partition coefficient (Wildman–Crippen LogP) is 1.07. The van der Waals surface area contributed by atoms with Gasteiger partial charge in [0.2, 0.25) is 0 Å². The largest absolute Gasteiger partial charge is 0.381 e. The molecule has 1 unspecified atom stereocenters. The van der Waals surface area contributed by atoms with E-state index in [0.717, 1.165) is 32.7 Å². The highest BCUT2D eigenvalue weighted by molar-refractivity contribution is 7.91. The van der Waals surface area contributed by atoms with E-state index >= 15 is 0 Å². The number of hydrogen-bond acceptors (Lipinski definition) is 5. The van der Waals surface area contributed by atoms with Gasteiger partial charge in [-0.05, 0) is 25.0 Å². The molecular weight excluding hydrogens is 354 g/mol. The van der Waals surface area contributed by atoms with Crippen LogP contribution in [0.5, 0.6) is 0 Å². The van der Waals surface area contributed by atoms with Crippen LogP contribution in [0, 0.1) is 5.92 Å². The number of nitrogens with zero attached hydrogens (tertiary/aromatic N) is 1. The van der Waals surface area contributed by atoms with Crippen LogP contribution in [0.1, 0.15) is 12.8 Å². The average molecular weight is 384 g/mol. The zero-order chi connectivity index (χ0) is 18.7. The number of sulfone groups is 1. The maximum Gasteiger partial charge on any atom is 0.191 e. The molecule has 1 aromatic carbocycles. The molecule has 0 bridgehead atoms. The van der Waals surface area contributed by atoms with Crippen molar-refractivity contribution in [2.75, 3.05) is 52.3 Å². The Morgan fingerprint density at radius 3 is 2.73 bits per heavy atom. The molecule has 8 heteroatoms. The van der Waals surface area contributed by atoms with Gasteiger partial charge in [-0.15, -0.1) is 0 Å². The standard InChI is InChI=1S/C18H29N3O4S/c1-19-18(20-9-5-11-24-14-16-8-12-25-15-16)21-10-13-26(22,23)17-6-3-2-4-7-17/h2-4,6-7,16H,5,8-15H2,1H3,(H2,19,20,21). The number of nitrogens with one attached hydrogen (secondary N) is 2. The molecule has 0 aliphatic carbocycles. The van der Waals surface area contributed by atoms with Crippen LogP contribution in [0.3, 0.4) is 0 Å². The molecule has 2 N–H and O–H groups in total. The molecule has 0 radical (unpaired) electrons. The SMILES string of the molecule is CN=C(NCCCOCC1CCOC1)NCCS(=O)(=O)c1ccccc1. The van der Waals surface area contributed by atoms with E-state index in [1.54, 1.807) is 37.4 Å². The molecule has 1 aliphatic heterocycles. The molecule has 2 rings (SSSR count). The highest BCUT2D eigenvalue weighted by Crippen LogP contribution is 2.12. The summed E-state index contributed by atoms with van der Waals surface area (Å²) in [5.74, 6) is 1.14. The Labute approximate surface area is 156 Å². The Morgan fingerprint density at radius 2 is 2.04 bits per heavy atom. The fourth-order valence-corrected chi connectivity index (χ4v) is 3.79.